The molecule has 1 aromatic carbocycles. The number of carbonyl (C=O) groups is 2. The molecule has 3 rings (SSSR count). The van der Waals surface area contributed by atoms with E-state index in [0.717, 1.165) is 11.1 Å². The maximum atomic E-state index is 11.7. The van der Waals surface area contributed by atoms with Gasteiger partial charge in [0, 0.05) is 6.54 Å². The summed E-state index contributed by atoms with van der Waals surface area (Å²) in [6.07, 6.45) is 0. The lowest BCUT2D eigenvalue weighted by Crippen LogP contribution is -2.12. The van der Waals surface area contributed by atoms with Crippen molar-refractivity contribution in [1.82, 2.24) is 19.9 Å². The molecule has 0 spiro atoms. The third-order valence-electron chi connectivity index (χ3n) is 4.05. The molecule has 2 aromatic heterocycles. The number of anilines is 1. The summed E-state index contributed by atoms with van der Waals surface area (Å²) in [5.41, 5.74) is 14.1. The van der Waals surface area contributed by atoms with Crippen LogP contribution in [0.15, 0.2) is 24.3 Å². The molecule has 11 heteroatoms. The molecule has 174 valence electrons. The molecule has 0 fully saturated rings. The number of imidazole rings is 1. The SMILES string of the molecule is CC.COC(=O)C(C)c1nc2nc(N)nc(OCc3ccc(CN)cc3)c2[nH]1.COC=O. The van der Waals surface area contributed by atoms with Gasteiger partial charge in [-0.15, -0.1) is 0 Å². The minimum atomic E-state index is -0.577. The van der Waals surface area contributed by atoms with Crippen LogP contribution in [-0.2, 0) is 32.2 Å². The standard InChI is InChI=1S/C17H20N6O3.C2H4O2.C2H6/c1-9(16(24)25-2)13-20-12-14(21-13)22-17(19)23-15(12)26-8-11-5-3-10(7-18)4-6-11;1-4-2-3;1-2/h3-6,9H,7-8,18H2,1-2H3,(H3,19,20,21,22,23);2H,1H3;1-2H3. The third-order valence-corrected chi connectivity index (χ3v) is 4.05. The number of fused-ring (bicyclic) bond motifs is 1. The predicted octanol–water partition coefficient (Wildman–Crippen LogP) is 2.06. The highest BCUT2D eigenvalue weighted by Gasteiger charge is 2.22. The van der Waals surface area contributed by atoms with E-state index >= 15 is 0 Å². The van der Waals surface area contributed by atoms with Gasteiger partial charge >= 0.3 is 5.97 Å². The van der Waals surface area contributed by atoms with Gasteiger partial charge in [0.15, 0.2) is 5.65 Å². The molecule has 5 N–H and O–H groups in total. The lowest BCUT2D eigenvalue weighted by molar-refractivity contribution is -0.142. The van der Waals surface area contributed by atoms with Gasteiger partial charge in [-0.3, -0.25) is 9.59 Å². The van der Waals surface area contributed by atoms with Crippen LogP contribution in [0.2, 0.25) is 0 Å². The fourth-order valence-electron chi connectivity index (χ4n) is 2.43. The van der Waals surface area contributed by atoms with Crippen LogP contribution in [0, 0.1) is 0 Å². The van der Waals surface area contributed by atoms with E-state index in [0.29, 0.717) is 30.0 Å². The smallest absolute Gasteiger partial charge is 0.316 e. The Hall–Kier alpha value is -3.73. The van der Waals surface area contributed by atoms with Gasteiger partial charge in [-0.25, -0.2) is 4.98 Å². The molecular formula is C21H30N6O5. The Morgan fingerprint density at radius 2 is 1.72 bits per heavy atom. The molecule has 32 heavy (non-hydrogen) atoms. The number of nitrogens with zero attached hydrogens (tertiary/aromatic N) is 3. The summed E-state index contributed by atoms with van der Waals surface area (Å²) < 4.78 is 14.4. The number of aromatic nitrogens is 4. The van der Waals surface area contributed by atoms with E-state index in [-0.39, 0.29) is 18.4 Å². The average Bonchev–Trinajstić information content (AvgIpc) is 3.27. The molecule has 2 heterocycles. The number of aromatic amines is 1. The van der Waals surface area contributed by atoms with Crippen molar-refractivity contribution in [2.45, 2.75) is 39.8 Å². The van der Waals surface area contributed by atoms with Crippen LogP contribution in [0.3, 0.4) is 0 Å². The molecule has 0 bridgehead atoms. The predicted molar refractivity (Wildman–Crippen MR) is 120 cm³/mol. The lowest BCUT2D eigenvalue weighted by atomic mass is 10.1. The molecule has 3 aromatic rings. The third kappa shape index (κ3) is 7.20. The van der Waals surface area contributed by atoms with E-state index < -0.39 is 11.9 Å². The highest BCUT2D eigenvalue weighted by molar-refractivity contribution is 5.81. The Balaban J connectivity index is 0.000000769. The van der Waals surface area contributed by atoms with Crippen LogP contribution < -0.4 is 16.2 Å². The van der Waals surface area contributed by atoms with Gasteiger partial charge in [-0.05, 0) is 18.1 Å². The molecule has 0 saturated heterocycles. The number of H-pyrrole nitrogens is 1. The van der Waals surface area contributed by atoms with Crippen molar-refractivity contribution in [3.63, 3.8) is 0 Å². The van der Waals surface area contributed by atoms with E-state index in [1.54, 1.807) is 6.92 Å². The van der Waals surface area contributed by atoms with Gasteiger partial charge in [0.05, 0.1) is 14.2 Å². The van der Waals surface area contributed by atoms with E-state index in [9.17, 15) is 4.79 Å². The Bertz CT molecular complexity index is 990. The van der Waals surface area contributed by atoms with Gasteiger partial charge in [0.25, 0.3) is 6.47 Å². The number of benzene rings is 1. The Labute approximate surface area is 186 Å². The number of methoxy groups -OCH3 is 2. The molecule has 0 amide bonds. The highest BCUT2D eigenvalue weighted by Crippen LogP contribution is 2.25. The minimum Gasteiger partial charge on any atom is -0.471 e. The maximum absolute atomic E-state index is 11.7. The first kappa shape index (κ1) is 26.3. The zero-order valence-electron chi connectivity index (χ0n) is 18.9. The largest absolute Gasteiger partial charge is 0.471 e. The van der Waals surface area contributed by atoms with Crippen LogP contribution in [0.25, 0.3) is 11.2 Å². The van der Waals surface area contributed by atoms with Gasteiger partial charge in [-0.2, -0.15) is 9.97 Å². The molecule has 0 aliphatic carbocycles. The lowest BCUT2D eigenvalue weighted by Gasteiger charge is -2.07. The maximum Gasteiger partial charge on any atom is 0.316 e. The van der Waals surface area contributed by atoms with Crippen molar-refractivity contribution in [1.29, 1.82) is 0 Å². The molecule has 1 atom stereocenters. The van der Waals surface area contributed by atoms with Crippen LogP contribution in [0.4, 0.5) is 5.95 Å². The first-order valence-electron chi connectivity index (χ1n) is 9.91. The van der Waals surface area contributed by atoms with E-state index in [1.807, 2.05) is 38.1 Å². The van der Waals surface area contributed by atoms with Crippen LogP contribution in [0.5, 0.6) is 5.88 Å². The summed E-state index contributed by atoms with van der Waals surface area (Å²) in [6, 6.07) is 7.74. The Kier molecular flexibility index (Phi) is 11.1. The number of nitrogens with one attached hydrogen (secondary N) is 1. The number of hydrogen-bond donors (Lipinski definition) is 3. The second-order valence-electron chi connectivity index (χ2n) is 6.09. The molecular weight excluding hydrogens is 416 g/mol. The van der Waals surface area contributed by atoms with E-state index in [4.69, 9.17) is 25.7 Å². The van der Waals surface area contributed by atoms with Gasteiger partial charge in [0.1, 0.15) is 23.9 Å². The summed E-state index contributed by atoms with van der Waals surface area (Å²) in [7, 11) is 2.64. The zero-order chi connectivity index (χ0) is 24.1. The quantitative estimate of drug-likeness (QED) is 0.361. The second-order valence-corrected chi connectivity index (χ2v) is 6.09. The molecule has 1 unspecified atom stereocenters. The van der Waals surface area contributed by atoms with Crippen molar-refractivity contribution in [3.05, 3.63) is 41.2 Å². The van der Waals surface area contributed by atoms with Crippen LogP contribution in [-0.4, -0.2) is 46.6 Å². The van der Waals surface area contributed by atoms with Gasteiger partial charge in [-0.1, -0.05) is 38.1 Å². The summed E-state index contributed by atoms with van der Waals surface area (Å²) in [4.78, 5) is 36.2. The van der Waals surface area contributed by atoms with Crippen LogP contribution >= 0.6 is 0 Å². The Morgan fingerprint density at radius 1 is 1.12 bits per heavy atom. The summed E-state index contributed by atoms with van der Waals surface area (Å²) >= 11 is 0. The second kappa shape index (κ2) is 13.5. The van der Waals surface area contributed by atoms with Crippen molar-refractivity contribution >= 4 is 29.6 Å². The van der Waals surface area contributed by atoms with Crippen molar-refractivity contribution in [3.8, 4) is 5.88 Å². The van der Waals surface area contributed by atoms with Crippen molar-refractivity contribution in [2.75, 3.05) is 20.0 Å². The number of hydrogen-bond acceptors (Lipinski definition) is 10. The molecule has 0 radical (unpaired) electrons. The monoisotopic (exact) mass is 446 g/mol. The normalized spacial score (nSPS) is 10.7. The fraction of sp³-hybridized carbons (Fsp3) is 0.381. The topological polar surface area (TPSA) is 168 Å². The zero-order valence-corrected chi connectivity index (χ0v) is 18.9. The molecule has 11 nitrogen and oxygen atoms in total. The number of carbonyl (C=O) groups excluding carboxylic acids is 2. The molecule has 0 saturated carbocycles. The van der Waals surface area contributed by atoms with E-state index in [2.05, 4.69) is 24.7 Å². The molecule has 0 aliphatic rings. The van der Waals surface area contributed by atoms with Gasteiger partial charge in [0.2, 0.25) is 11.8 Å². The summed E-state index contributed by atoms with van der Waals surface area (Å²) in [5, 5.41) is 0. The van der Waals surface area contributed by atoms with Crippen molar-refractivity contribution in [2.24, 2.45) is 5.73 Å². The van der Waals surface area contributed by atoms with Gasteiger partial charge < -0.3 is 30.7 Å². The summed E-state index contributed by atoms with van der Waals surface area (Å²) in [6.45, 7) is 6.83. The first-order valence-corrected chi connectivity index (χ1v) is 9.91. The number of ether oxygens (including phenoxy) is 3. The fourth-order valence-corrected chi connectivity index (χ4v) is 2.43. The highest BCUT2D eigenvalue weighted by atomic mass is 16.5. The number of nitrogens with two attached hydrogens (primary N) is 2. The average molecular weight is 447 g/mol. The van der Waals surface area contributed by atoms with E-state index in [1.165, 1.54) is 14.2 Å². The van der Waals surface area contributed by atoms with Crippen LogP contribution in [0.1, 0.15) is 43.6 Å². The minimum absolute atomic E-state index is 0.0368. The first-order chi connectivity index (χ1) is 15.4. The van der Waals surface area contributed by atoms with Crippen molar-refractivity contribution < 1.29 is 23.8 Å². The number of esters is 1. The number of rotatable bonds is 7. The molecule has 0 aliphatic heterocycles. The number of nitrogen functional groups attached to an aromatic ring is 1. The Morgan fingerprint density at radius 3 is 2.25 bits per heavy atom. The summed E-state index contributed by atoms with van der Waals surface area (Å²) in [5.74, 6) is -0.274.